The summed E-state index contributed by atoms with van der Waals surface area (Å²) in [6.45, 7) is 2.32. The Morgan fingerprint density at radius 1 is 1.67 bits per heavy atom. The van der Waals surface area contributed by atoms with E-state index in [1.165, 1.54) is 0 Å². The molecule has 0 aliphatic rings. The average molecular weight is 175 g/mol. The summed E-state index contributed by atoms with van der Waals surface area (Å²) in [4.78, 5) is 10.4. The van der Waals surface area contributed by atoms with Gasteiger partial charge in [-0.25, -0.2) is 0 Å². The first kappa shape index (κ1) is 11.4. The minimum atomic E-state index is -0.819. The van der Waals surface area contributed by atoms with Gasteiger partial charge in [0.2, 0.25) is 0 Å². The fourth-order valence-electron chi connectivity index (χ4n) is 1.28. The predicted octanol–water partition coefficient (Wildman–Crippen LogP) is 0.461. The van der Waals surface area contributed by atoms with Crippen LogP contribution < -0.4 is 5.73 Å². The molecule has 0 amide bonds. The molecule has 3 N–H and O–H groups in total. The zero-order chi connectivity index (χ0) is 9.56. The topological polar surface area (TPSA) is 72.5 Å². The molecule has 0 aromatic heterocycles. The summed E-state index contributed by atoms with van der Waals surface area (Å²) in [6.07, 6.45) is 0.847. The summed E-state index contributed by atoms with van der Waals surface area (Å²) in [7, 11) is 1.58. The molecule has 0 aromatic rings. The first-order valence-electron chi connectivity index (χ1n) is 4.10. The summed E-state index contributed by atoms with van der Waals surface area (Å²) in [5.74, 6) is -0.890. The Kier molecular flexibility index (Phi) is 5.66. The van der Waals surface area contributed by atoms with Gasteiger partial charge >= 0.3 is 5.97 Å². The summed E-state index contributed by atoms with van der Waals surface area (Å²) in [5, 5.41) is 8.54. The number of hydrogen-bond donors (Lipinski definition) is 2. The fraction of sp³-hybridized carbons (Fsp3) is 0.875. The second kappa shape index (κ2) is 5.97. The maximum absolute atomic E-state index is 10.4. The van der Waals surface area contributed by atoms with Crippen LogP contribution in [-0.4, -0.2) is 30.8 Å². The van der Waals surface area contributed by atoms with Crippen molar-refractivity contribution in [1.29, 1.82) is 0 Å². The lowest BCUT2D eigenvalue weighted by Gasteiger charge is -2.21. The Morgan fingerprint density at radius 3 is 2.50 bits per heavy atom. The summed E-state index contributed by atoms with van der Waals surface area (Å²) in [6, 6.07) is 0. The number of methoxy groups -OCH3 is 1. The van der Waals surface area contributed by atoms with Crippen LogP contribution >= 0.6 is 0 Å². The van der Waals surface area contributed by atoms with Gasteiger partial charge in [-0.15, -0.1) is 0 Å². The number of carboxylic acid groups (broad SMARTS) is 1. The third-order valence-corrected chi connectivity index (χ3v) is 1.97. The lowest BCUT2D eigenvalue weighted by molar-refractivity contribution is -0.139. The van der Waals surface area contributed by atoms with E-state index in [1.54, 1.807) is 7.11 Å². The van der Waals surface area contributed by atoms with E-state index >= 15 is 0 Å². The Labute approximate surface area is 72.7 Å². The molecule has 0 saturated carbocycles. The normalized spacial score (nSPS) is 15.6. The molecule has 0 rings (SSSR count). The minimum Gasteiger partial charge on any atom is -0.481 e. The van der Waals surface area contributed by atoms with Gasteiger partial charge in [-0.1, -0.05) is 6.92 Å². The third kappa shape index (κ3) is 3.69. The molecule has 0 aliphatic heterocycles. The molecule has 0 aromatic carbocycles. The van der Waals surface area contributed by atoms with Crippen LogP contribution in [0.4, 0.5) is 0 Å². The fourth-order valence-corrected chi connectivity index (χ4v) is 1.28. The number of carbonyl (C=O) groups is 1. The molecule has 2 unspecified atom stereocenters. The van der Waals surface area contributed by atoms with Crippen LogP contribution in [0.5, 0.6) is 0 Å². The SMILES string of the molecule is CCC(OC)C(CN)CC(=O)O. The smallest absolute Gasteiger partial charge is 0.303 e. The van der Waals surface area contributed by atoms with Gasteiger partial charge in [0, 0.05) is 13.0 Å². The first-order chi connectivity index (χ1) is 5.65. The Bertz CT molecular complexity index is 134. The number of carboxylic acids is 1. The molecular formula is C8H17NO3. The van der Waals surface area contributed by atoms with Crippen LogP contribution in [0.2, 0.25) is 0 Å². The Balaban J connectivity index is 4.01. The van der Waals surface area contributed by atoms with Gasteiger partial charge in [-0.3, -0.25) is 4.79 Å². The zero-order valence-corrected chi connectivity index (χ0v) is 7.62. The highest BCUT2D eigenvalue weighted by Gasteiger charge is 2.20. The van der Waals surface area contributed by atoms with E-state index < -0.39 is 5.97 Å². The van der Waals surface area contributed by atoms with E-state index in [0.29, 0.717) is 6.54 Å². The Morgan fingerprint density at radius 2 is 2.25 bits per heavy atom. The molecule has 4 nitrogen and oxygen atoms in total. The van der Waals surface area contributed by atoms with Crippen molar-refractivity contribution in [3.63, 3.8) is 0 Å². The molecule has 0 spiro atoms. The largest absolute Gasteiger partial charge is 0.481 e. The second-order valence-corrected chi connectivity index (χ2v) is 2.78. The van der Waals surface area contributed by atoms with Gasteiger partial charge in [0.25, 0.3) is 0 Å². The molecule has 0 aliphatic carbocycles. The first-order valence-corrected chi connectivity index (χ1v) is 4.10. The lowest BCUT2D eigenvalue weighted by Crippen LogP contribution is -2.31. The number of ether oxygens (including phenoxy) is 1. The number of rotatable bonds is 6. The monoisotopic (exact) mass is 175 g/mol. The van der Waals surface area contributed by atoms with E-state index in [9.17, 15) is 4.79 Å². The quantitative estimate of drug-likeness (QED) is 0.615. The zero-order valence-electron chi connectivity index (χ0n) is 7.62. The van der Waals surface area contributed by atoms with Crippen molar-refractivity contribution in [2.75, 3.05) is 13.7 Å². The standard InChI is InChI=1S/C8H17NO3/c1-3-7(12-2)6(5-9)4-8(10)11/h6-7H,3-5,9H2,1-2H3,(H,10,11). The molecule has 0 fully saturated rings. The van der Waals surface area contributed by atoms with Crippen molar-refractivity contribution in [3.8, 4) is 0 Å². The summed E-state index contributed by atoms with van der Waals surface area (Å²) < 4.78 is 5.11. The van der Waals surface area contributed by atoms with E-state index in [1.807, 2.05) is 6.92 Å². The molecular weight excluding hydrogens is 158 g/mol. The molecule has 4 heteroatoms. The number of hydrogen-bond acceptors (Lipinski definition) is 3. The van der Waals surface area contributed by atoms with Gasteiger partial charge in [0.05, 0.1) is 12.5 Å². The van der Waals surface area contributed by atoms with E-state index in [4.69, 9.17) is 15.6 Å². The number of nitrogens with two attached hydrogens (primary N) is 1. The van der Waals surface area contributed by atoms with Crippen molar-refractivity contribution in [3.05, 3.63) is 0 Å². The number of aliphatic carboxylic acids is 1. The molecule has 2 atom stereocenters. The maximum atomic E-state index is 10.4. The van der Waals surface area contributed by atoms with Crippen LogP contribution in [0.25, 0.3) is 0 Å². The van der Waals surface area contributed by atoms with Gasteiger partial charge in [0.15, 0.2) is 0 Å². The van der Waals surface area contributed by atoms with Crippen molar-refractivity contribution >= 4 is 5.97 Å². The van der Waals surface area contributed by atoms with Crippen molar-refractivity contribution in [1.82, 2.24) is 0 Å². The lowest BCUT2D eigenvalue weighted by atomic mass is 9.97. The highest BCUT2D eigenvalue weighted by Crippen LogP contribution is 2.13. The predicted molar refractivity (Wildman–Crippen MR) is 45.9 cm³/mol. The maximum Gasteiger partial charge on any atom is 0.303 e. The van der Waals surface area contributed by atoms with Crippen LogP contribution in [0.3, 0.4) is 0 Å². The summed E-state index contributed by atoms with van der Waals surface area (Å²) >= 11 is 0. The van der Waals surface area contributed by atoms with Gasteiger partial charge < -0.3 is 15.6 Å². The second-order valence-electron chi connectivity index (χ2n) is 2.78. The Hall–Kier alpha value is -0.610. The van der Waals surface area contributed by atoms with E-state index in [0.717, 1.165) is 6.42 Å². The molecule has 0 heterocycles. The van der Waals surface area contributed by atoms with Crippen LogP contribution in [0, 0.1) is 5.92 Å². The minimum absolute atomic E-state index is 0.0360. The average Bonchev–Trinajstić information content (AvgIpc) is 2.04. The van der Waals surface area contributed by atoms with Crippen LogP contribution in [0.1, 0.15) is 19.8 Å². The van der Waals surface area contributed by atoms with Crippen LogP contribution in [-0.2, 0) is 9.53 Å². The molecule has 0 saturated heterocycles. The molecule has 0 radical (unpaired) electrons. The van der Waals surface area contributed by atoms with E-state index in [2.05, 4.69) is 0 Å². The van der Waals surface area contributed by atoms with Gasteiger partial charge in [0.1, 0.15) is 0 Å². The van der Waals surface area contributed by atoms with Gasteiger partial charge in [-0.2, -0.15) is 0 Å². The highest BCUT2D eigenvalue weighted by molar-refractivity contribution is 5.67. The van der Waals surface area contributed by atoms with Crippen molar-refractivity contribution in [2.24, 2.45) is 11.7 Å². The summed E-state index contributed by atoms with van der Waals surface area (Å²) in [5.41, 5.74) is 5.43. The highest BCUT2D eigenvalue weighted by atomic mass is 16.5. The van der Waals surface area contributed by atoms with Crippen molar-refractivity contribution in [2.45, 2.75) is 25.9 Å². The molecule has 0 bridgehead atoms. The molecule has 12 heavy (non-hydrogen) atoms. The van der Waals surface area contributed by atoms with Gasteiger partial charge in [-0.05, 0) is 13.0 Å². The molecule has 72 valence electrons. The van der Waals surface area contributed by atoms with Crippen molar-refractivity contribution < 1.29 is 14.6 Å². The van der Waals surface area contributed by atoms with Crippen LogP contribution in [0.15, 0.2) is 0 Å². The third-order valence-electron chi connectivity index (χ3n) is 1.97. The van der Waals surface area contributed by atoms with E-state index in [-0.39, 0.29) is 18.4 Å².